The van der Waals surface area contributed by atoms with Gasteiger partial charge in [-0.1, -0.05) is 0 Å². The summed E-state index contributed by atoms with van der Waals surface area (Å²) < 4.78 is 0. The minimum atomic E-state index is 0.906. The maximum absolute atomic E-state index is 8.35. The van der Waals surface area contributed by atoms with Crippen molar-refractivity contribution in [1.29, 1.82) is 0 Å². The van der Waals surface area contributed by atoms with Gasteiger partial charge in [0.15, 0.2) is 0 Å². The van der Waals surface area contributed by atoms with Crippen LogP contribution in [0.1, 0.15) is 19.4 Å². The van der Waals surface area contributed by atoms with E-state index in [2.05, 4.69) is 23.5 Å². The van der Waals surface area contributed by atoms with Crippen LogP contribution in [0.5, 0.6) is 0 Å². The van der Waals surface area contributed by atoms with Crippen LogP contribution in [-0.4, -0.2) is 24.1 Å². The largest absolute Gasteiger partial charge is 0.372 e. The Bertz CT molecular complexity index is 319. The van der Waals surface area contributed by atoms with Crippen LogP contribution in [-0.2, 0) is 0 Å². The number of benzene rings is 1. The summed E-state index contributed by atoms with van der Waals surface area (Å²) in [5.74, 6) is 0. The highest BCUT2D eigenvalue weighted by Gasteiger charge is 2.00. The summed E-state index contributed by atoms with van der Waals surface area (Å²) in [7, 11) is 0. The van der Waals surface area contributed by atoms with E-state index in [0.29, 0.717) is 0 Å². The van der Waals surface area contributed by atoms with E-state index in [1.165, 1.54) is 11.9 Å². The molecular weight excluding hydrogens is 174 g/mol. The van der Waals surface area contributed by atoms with Crippen molar-refractivity contribution in [1.82, 2.24) is 0 Å². The van der Waals surface area contributed by atoms with Crippen LogP contribution in [0, 0.1) is 0 Å². The summed E-state index contributed by atoms with van der Waals surface area (Å²) in [6.45, 7) is 6.27. The Morgan fingerprint density at radius 3 is 2.21 bits per heavy atom. The summed E-state index contributed by atoms with van der Waals surface area (Å²) in [6, 6.07) is 7.94. The molecule has 0 saturated heterocycles. The van der Waals surface area contributed by atoms with Crippen molar-refractivity contribution in [2.75, 3.05) is 18.0 Å². The molecule has 0 heterocycles. The summed E-state index contributed by atoms with van der Waals surface area (Å²) in [4.78, 5) is 5.25. The molecule has 0 aromatic heterocycles. The second kappa shape index (κ2) is 5.20. The fourth-order valence-electron chi connectivity index (χ4n) is 1.43. The zero-order chi connectivity index (χ0) is 10.4. The molecular formula is C11H15N3. The monoisotopic (exact) mass is 189 g/mol. The molecule has 0 fully saturated rings. The first-order valence-electron chi connectivity index (χ1n) is 4.84. The van der Waals surface area contributed by atoms with Gasteiger partial charge in [0.1, 0.15) is 0 Å². The van der Waals surface area contributed by atoms with Crippen molar-refractivity contribution >= 4 is 11.9 Å². The zero-order valence-electron chi connectivity index (χ0n) is 8.64. The van der Waals surface area contributed by atoms with E-state index in [9.17, 15) is 0 Å². The molecule has 0 aliphatic carbocycles. The average Bonchev–Trinajstić information content (AvgIpc) is 2.23. The predicted molar refractivity (Wildman–Crippen MR) is 58.8 cm³/mol. The number of anilines is 1. The molecule has 0 amide bonds. The van der Waals surface area contributed by atoms with Crippen molar-refractivity contribution in [2.24, 2.45) is 0 Å². The quantitative estimate of drug-likeness (QED) is 0.406. The Morgan fingerprint density at radius 1 is 1.21 bits per heavy atom. The molecule has 74 valence electrons. The van der Waals surface area contributed by atoms with E-state index >= 15 is 0 Å². The predicted octanol–water partition coefficient (Wildman–Crippen LogP) is 2.18. The first-order chi connectivity index (χ1) is 6.81. The van der Waals surface area contributed by atoms with Crippen LogP contribution in [0.25, 0.3) is 5.53 Å². The molecule has 3 heteroatoms. The third-order valence-corrected chi connectivity index (χ3v) is 2.23. The SMILES string of the molecule is CCN(CC)c1ccc(C=[N+]=[N-])cc1. The fraction of sp³-hybridized carbons (Fsp3) is 0.364. The Morgan fingerprint density at radius 2 is 1.79 bits per heavy atom. The molecule has 0 saturated carbocycles. The van der Waals surface area contributed by atoms with Gasteiger partial charge < -0.3 is 10.4 Å². The average molecular weight is 189 g/mol. The van der Waals surface area contributed by atoms with Gasteiger partial charge in [-0.2, -0.15) is 4.79 Å². The minimum absolute atomic E-state index is 0.906. The highest BCUT2D eigenvalue weighted by atomic mass is 15.1. The molecule has 0 bridgehead atoms. The first kappa shape index (κ1) is 10.5. The van der Waals surface area contributed by atoms with Crippen LogP contribution >= 0.6 is 0 Å². The van der Waals surface area contributed by atoms with Gasteiger partial charge in [-0.05, 0) is 38.1 Å². The van der Waals surface area contributed by atoms with Crippen molar-refractivity contribution < 1.29 is 4.79 Å². The topological polar surface area (TPSA) is 39.6 Å². The lowest BCUT2D eigenvalue weighted by Gasteiger charge is -2.20. The second-order valence-corrected chi connectivity index (χ2v) is 3.01. The second-order valence-electron chi connectivity index (χ2n) is 3.01. The molecule has 0 atom stereocenters. The lowest BCUT2D eigenvalue weighted by molar-refractivity contribution is 0.00456. The molecule has 1 aromatic carbocycles. The van der Waals surface area contributed by atoms with Gasteiger partial charge in [-0.15, -0.1) is 0 Å². The Labute approximate surface area is 84.6 Å². The maximum Gasteiger partial charge on any atom is 0.287 e. The van der Waals surface area contributed by atoms with Crippen LogP contribution in [0.2, 0.25) is 0 Å². The molecule has 0 aliphatic heterocycles. The van der Waals surface area contributed by atoms with Crippen LogP contribution in [0.3, 0.4) is 0 Å². The van der Waals surface area contributed by atoms with Crippen molar-refractivity contribution in [3.8, 4) is 0 Å². The molecule has 0 unspecified atom stereocenters. The van der Waals surface area contributed by atoms with Crippen LogP contribution in [0.15, 0.2) is 24.3 Å². The highest BCUT2D eigenvalue weighted by Crippen LogP contribution is 2.13. The molecule has 0 spiro atoms. The highest BCUT2D eigenvalue weighted by molar-refractivity contribution is 5.75. The van der Waals surface area contributed by atoms with Crippen molar-refractivity contribution in [3.63, 3.8) is 0 Å². The summed E-state index contributed by atoms with van der Waals surface area (Å²) in [5, 5.41) is 0. The first-order valence-corrected chi connectivity index (χ1v) is 4.84. The Hall–Kier alpha value is -1.60. The third-order valence-electron chi connectivity index (χ3n) is 2.23. The number of nitrogens with zero attached hydrogens (tertiary/aromatic N) is 3. The lowest BCUT2D eigenvalue weighted by atomic mass is 10.2. The molecule has 14 heavy (non-hydrogen) atoms. The smallest absolute Gasteiger partial charge is 0.287 e. The van der Waals surface area contributed by atoms with Crippen LogP contribution < -0.4 is 4.90 Å². The zero-order valence-corrected chi connectivity index (χ0v) is 8.64. The van der Waals surface area contributed by atoms with E-state index in [4.69, 9.17) is 5.53 Å². The molecule has 1 rings (SSSR count). The molecule has 0 aliphatic rings. The summed E-state index contributed by atoms with van der Waals surface area (Å²) >= 11 is 0. The van der Waals surface area contributed by atoms with Gasteiger partial charge in [0.05, 0.1) is 5.56 Å². The van der Waals surface area contributed by atoms with E-state index in [1.807, 2.05) is 24.3 Å². The van der Waals surface area contributed by atoms with Gasteiger partial charge in [-0.25, -0.2) is 0 Å². The van der Waals surface area contributed by atoms with Crippen molar-refractivity contribution in [2.45, 2.75) is 13.8 Å². The van der Waals surface area contributed by atoms with Gasteiger partial charge in [0.25, 0.3) is 6.21 Å². The van der Waals surface area contributed by atoms with Crippen molar-refractivity contribution in [3.05, 3.63) is 35.4 Å². The minimum Gasteiger partial charge on any atom is -0.372 e. The normalized spacial score (nSPS) is 9.29. The van der Waals surface area contributed by atoms with E-state index in [1.54, 1.807) is 0 Å². The van der Waals surface area contributed by atoms with Crippen LogP contribution in [0.4, 0.5) is 5.69 Å². The Balaban J connectivity index is 2.86. The number of hydrogen-bond acceptors (Lipinski definition) is 1. The van der Waals surface area contributed by atoms with E-state index < -0.39 is 0 Å². The number of hydrogen-bond donors (Lipinski definition) is 0. The van der Waals surface area contributed by atoms with Gasteiger partial charge in [0.2, 0.25) is 0 Å². The maximum atomic E-state index is 8.35. The van der Waals surface area contributed by atoms with Gasteiger partial charge in [0, 0.05) is 18.8 Å². The number of rotatable bonds is 4. The molecule has 0 radical (unpaired) electrons. The van der Waals surface area contributed by atoms with E-state index in [0.717, 1.165) is 18.7 Å². The fourth-order valence-corrected chi connectivity index (χ4v) is 1.43. The standard InChI is InChI=1S/C11H15N3/c1-3-14(4-2)11-7-5-10(6-8-11)9-13-12/h5-9H,3-4H2,1-2H3. The van der Waals surface area contributed by atoms with Gasteiger partial charge in [-0.3, -0.25) is 0 Å². The third kappa shape index (κ3) is 2.44. The lowest BCUT2D eigenvalue weighted by Crippen LogP contribution is -2.21. The summed E-state index contributed by atoms with van der Waals surface area (Å²) in [5.41, 5.74) is 10.5. The van der Waals surface area contributed by atoms with Gasteiger partial charge >= 0.3 is 0 Å². The molecule has 1 aromatic rings. The summed E-state index contributed by atoms with van der Waals surface area (Å²) in [6.07, 6.45) is 1.42. The molecule has 3 nitrogen and oxygen atoms in total. The molecule has 0 N–H and O–H groups in total. The Kier molecular flexibility index (Phi) is 3.89. The van der Waals surface area contributed by atoms with E-state index in [-0.39, 0.29) is 0 Å².